The number of amides is 6. The number of sulfone groups is 1. The maximum atomic E-state index is 13.3. The SMILES string of the molecule is Cc1cc(Nc2ncc(Cl)c(Nc3ccccc3S(=O)(=O)C(C)C)n2)c(OC(C)C)cc1C1CCN(CCC(=O)NCCCCCCNCC(=O)Nc2cccc3c2C(=O)N(C2CCC(=O)NC2=O)C3=O)CC1. The van der Waals surface area contributed by atoms with Gasteiger partial charge in [-0.1, -0.05) is 42.6 Å². The quantitative estimate of drug-likeness (QED) is 0.0331. The average molecular weight is 1040 g/mol. The summed E-state index contributed by atoms with van der Waals surface area (Å²) in [7, 11) is -3.59. The number of carbonyl (C=O) groups is 6. The molecule has 6 amide bonds. The summed E-state index contributed by atoms with van der Waals surface area (Å²) in [6.45, 7) is 12.9. The van der Waals surface area contributed by atoms with E-state index in [9.17, 15) is 37.2 Å². The minimum atomic E-state index is -3.59. The second-order valence-corrected chi connectivity index (χ2v) is 22.0. The highest BCUT2D eigenvalue weighted by Crippen LogP contribution is 2.39. The van der Waals surface area contributed by atoms with Crippen LogP contribution in [0.15, 0.2) is 65.7 Å². The molecule has 3 aromatic carbocycles. The van der Waals surface area contributed by atoms with Crippen molar-refractivity contribution in [1.29, 1.82) is 0 Å². The van der Waals surface area contributed by atoms with Crippen LogP contribution in [0, 0.1) is 6.92 Å². The third kappa shape index (κ3) is 13.6. The van der Waals surface area contributed by atoms with Crippen molar-refractivity contribution in [2.75, 3.05) is 55.2 Å². The highest BCUT2D eigenvalue weighted by Gasteiger charge is 2.45. The number of para-hydroxylation sites is 1. The molecule has 73 heavy (non-hydrogen) atoms. The number of piperidine rings is 2. The summed E-state index contributed by atoms with van der Waals surface area (Å²) in [5.41, 5.74) is 3.63. The molecule has 4 aromatic rings. The van der Waals surface area contributed by atoms with Crippen LogP contribution in [0.4, 0.5) is 28.8 Å². The Balaban J connectivity index is 0.792. The fourth-order valence-corrected chi connectivity index (χ4v) is 10.6. The lowest BCUT2D eigenvalue weighted by molar-refractivity contribution is -0.136. The number of ether oxygens (including phenoxy) is 1. The highest BCUT2D eigenvalue weighted by atomic mass is 35.5. The third-order valence-corrected chi connectivity index (χ3v) is 15.6. The zero-order chi connectivity index (χ0) is 52.4. The second kappa shape index (κ2) is 24.5. The van der Waals surface area contributed by atoms with Crippen molar-refractivity contribution in [2.45, 2.75) is 121 Å². The maximum absolute atomic E-state index is 13.3. The number of aromatic nitrogens is 2. The van der Waals surface area contributed by atoms with Gasteiger partial charge in [0.2, 0.25) is 29.6 Å². The van der Waals surface area contributed by atoms with Gasteiger partial charge in [-0.2, -0.15) is 4.98 Å². The van der Waals surface area contributed by atoms with Crippen LogP contribution in [0.1, 0.15) is 123 Å². The van der Waals surface area contributed by atoms with Crippen molar-refractivity contribution in [3.63, 3.8) is 0 Å². The molecule has 19 nitrogen and oxygen atoms in total. The van der Waals surface area contributed by atoms with E-state index in [2.05, 4.69) is 59.8 Å². The Kier molecular flexibility index (Phi) is 18.2. The number of nitrogens with zero attached hydrogens (tertiary/aromatic N) is 4. The topological polar surface area (TPSA) is 250 Å². The van der Waals surface area contributed by atoms with E-state index in [0.29, 0.717) is 49.1 Å². The molecule has 1 atom stereocenters. The van der Waals surface area contributed by atoms with E-state index < -0.39 is 44.8 Å². The van der Waals surface area contributed by atoms with Crippen molar-refractivity contribution in [3.8, 4) is 5.75 Å². The van der Waals surface area contributed by atoms with Crippen molar-refractivity contribution < 1.29 is 41.9 Å². The number of carbonyl (C=O) groups excluding carboxylic acids is 6. The van der Waals surface area contributed by atoms with Gasteiger partial charge in [-0.05, 0) is 140 Å². The van der Waals surface area contributed by atoms with Gasteiger partial charge in [0.15, 0.2) is 15.7 Å². The Bertz CT molecular complexity index is 2840. The number of halogens is 1. The zero-order valence-corrected chi connectivity index (χ0v) is 43.5. The average Bonchev–Trinajstić information content (AvgIpc) is 3.60. The Hall–Kier alpha value is -6.48. The molecule has 2 fully saturated rings. The van der Waals surface area contributed by atoms with E-state index >= 15 is 0 Å². The highest BCUT2D eigenvalue weighted by molar-refractivity contribution is 7.92. The van der Waals surface area contributed by atoms with Crippen LogP contribution >= 0.6 is 11.6 Å². The number of hydrogen-bond donors (Lipinski definition) is 6. The van der Waals surface area contributed by atoms with Crippen LogP contribution in [-0.2, 0) is 29.0 Å². The predicted octanol–water partition coefficient (Wildman–Crippen LogP) is 6.77. The molecule has 7 rings (SSSR count). The molecule has 0 saturated carbocycles. The van der Waals surface area contributed by atoms with Crippen LogP contribution in [-0.4, -0.2) is 120 Å². The Morgan fingerprint density at radius 2 is 1.59 bits per heavy atom. The molecule has 1 unspecified atom stereocenters. The van der Waals surface area contributed by atoms with Crippen LogP contribution in [0.3, 0.4) is 0 Å². The van der Waals surface area contributed by atoms with Crippen LogP contribution in [0.25, 0.3) is 0 Å². The maximum Gasteiger partial charge on any atom is 0.264 e. The van der Waals surface area contributed by atoms with Crippen LogP contribution < -0.4 is 36.6 Å². The Labute approximate surface area is 431 Å². The van der Waals surface area contributed by atoms with Crippen molar-refractivity contribution >= 4 is 85.7 Å². The molecule has 0 radical (unpaired) electrons. The van der Waals surface area contributed by atoms with Gasteiger partial charge in [0.1, 0.15) is 16.8 Å². The monoisotopic (exact) mass is 1040 g/mol. The summed E-state index contributed by atoms with van der Waals surface area (Å²) in [6, 6.07) is 14.2. The standard InChI is InChI=1S/C52H65ClN10O9S/c1-31(2)72-42-28-36(33(5)27-40(42)59-52-56-29-37(53)48(61-52)58-38-14-8-9-16-43(38)73(70,71)32(3)4)34-19-24-62(25-20-34)26-21-44(64)55-23-11-7-6-10-22-54-30-46(66)57-39-15-12-13-35-47(39)51(69)63(50(35)68)41-17-18-45(65)60-49(41)67/h8-9,12-16,27-29,31-32,34,41,54H,6-7,10-11,17-26,30H2,1-5H3,(H,55,64)(H,57,66)(H,60,65,67)(H2,56,58,59,61). The molecule has 6 N–H and O–H groups in total. The van der Waals surface area contributed by atoms with E-state index in [1.807, 2.05) is 19.9 Å². The lowest BCUT2D eigenvalue weighted by Crippen LogP contribution is -2.54. The molecule has 2 saturated heterocycles. The molecule has 4 heterocycles. The van der Waals surface area contributed by atoms with Gasteiger partial charge in [0.25, 0.3) is 11.8 Å². The van der Waals surface area contributed by atoms with Gasteiger partial charge >= 0.3 is 0 Å². The molecule has 0 bridgehead atoms. The molecule has 1 aromatic heterocycles. The van der Waals surface area contributed by atoms with Crippen molar-refractivity contribution in [2.24, 2.45) is 0 Å². The van der Waals surface area contributed by atoms with Crippen molar-refractivity contribution in [1.82, 2.24) is 35.7 Å². The van der Waals surface area contributed by atoms with Gasteiger partial charge in [0, 0.05) is 25.9 Å². The minimum Gasteiger partial charge on any atom is -0.489 e. The fourth-order valence-electron chi connectivity index (χ4n) is 9.22. The smallest absolute Gasteiger partial charge is 0.264 e. The summed E-state index contributed by atoms with van der Waals surface area (Å²) in [4.78, 5) is 88.3. The van der Waals surface area contributed by atoms with E-state index in [1.165, 1.54) is 23.9 Å². The first-order valence-corrected chi connectivity index (χ1v) is 26.9. The third-order valence-electron chi connectivity index (χ3n) is 13.1. The van der Waals surface area contributed by atoms with E-state index in [-0.39, 0.29) is 75.8 Å². The molecule has 390 valence electrons. The first-order valence-electron chi connectivity index (χ1n) is 25.0. The predicted molar refractivity (Wildman–Crippen MR) is 278 cm³/mol. The Morgan fingerprint density at radius 1 is 0.863 bits per heavy atom. The number of benzene rings is 3. The first-order chi connectivity index (χ1) is 34.9. The van der Waals surface area contributed by atoms with Crippen molar-refractivity contribution in [3.05, 3.63) is 88.1 Å². The van der Waals surface area contributed by atoms with Crippen LogP contribution in [0.2, 0.25) is 5.02 Å². The summed E-state index contributed by atoms with van der Waals surface area (Å²) in [5.74, 6) is -1.38. The van der Waals surface area contributed by atoms with Gasteiger partial charge in [-0.15, -0.1) is 0 Å². The summed E-state index contributed by atoms with van der Waals surface area (Å²) < 4.78 is 32.5. The van der Waals surface area contributed by atoms with E-state index in [0.717, 1.165) is 62.1 Å². The summed E-state index contributed by atoms with van der Waals surface area (Å²) >= 11 is 6.51. The molecule has 3 aliphatic rings. The first kappa shape index (κ1) is 54.3. The lowest BCUT2D eigenvalue weighted by atomic mass is 9.86. The normalized spacial score (nSPS) is 16.4. The molecular formula is C52H65ClN10O9S. The number of anilines is 5. The number of imide groups is 2. The fraction of sp³-hybridized carbons (Fsp3) is 0.462. The molecule has 21 heteroatoms. The number of nitrogens with one attached hydrogen (secondary N) is 6. The second-order valence-electron chi connectivity index (χ2n) is 19.1. The largest absolute Gasteiger partial charge is 0.489 e. The summed E-state index contributed by atoms with van der Waals surface area (Å²) in [5, 5.41) is 17.1. The summed E-state index contributed by atoms with van der Waals surface area (Å²) in [6.07, 6.45) is 7.17. The lowest BCUT2D eigenvalue weighted by Gasteiger charge is -2.33. The number of unbranched alkanes of at least 4 members (excludes halogenated alkanes) is 3. The number of rotatable bonds is 23. The Morgan fingerprint density at radius 3 is 2.32 bits per heavy atom. The van der Waals surface area contributed by atoms with Gasteiger partial charge in [0.05, 0.1) is 57.2 Å². The molecule has 0 aliphatic carbocycles. The number of fused-ring (bicyclic) bond motifs is 1. The molecule has 3 aliphatic heterocycles. The molecule has 0 spiro atoms. The zero-order valence-electron chi connectivity index (χ0n) is 41.9. The van der Waals surface area contributed by atoms with Crippen LogP contribution in [0.5, 0.6) is 5.75 Å². The van der Waals surface area contributed by atoms with Gasteiger partial charge in [-0.25, -0.2) is 13.4 Å². The van der Waals surface area contributed by atoms with E-state index in [1.54, 1.807) is 44.2 Å². The van der Waals surface area contributed by atoms with Gasteiger partial charge in [-0.3, -0.25) is 39.0 Å². The molecular weight excluding hydrogens is 976 g/mol. The minimum absolute atomic E-state index is 0.00633. The number of likely N-dealkylation sites (tertiary alicyclic amines) is 1. The number of hydrogen-bond acceptors (Lipinski definition) is 15. The van der Waals surface area contributed by atoms with Gasteiger partial charge < -0.3 is 36.2 Å². The van der Waals surface area contributed by atoms with E-state index in [4.69, 9.17) is 16.3 Å². The number of aryl methyl sites for hydroxylation is 1.